The van der Waals surface area contributed by atoms with Crippen LogP contribution in [0.2, 0.25) is 0 Å². The van der Waals surface area contributed by atoms with E-state index in [1.165, 1.54) is 6.33 Å². The number of nitrogens with zero attached hydrogens (tertiary/aromatic N) is 4. The minimum absolute atomic E-state index is 0.112. The van der Waals surface area contributed by atoms with Crippen LogP contribution in [0.3, 0.4) is 0 Å². The summed E-state index contributed by atoms with van der Waals surface area (Å²) in [5.41, 5.74) is -0.300. The van der Waals surface area contributed by atoms with Crippen molar-refractivity contribution in [2.45, 2.75) is 37.1 Å². The van der Waals surface area contributed by atoms with Gasteiger partial charge < -0.3 is 19.9 Å². The summed E-state index contributed by atoms with van der Waals surface area (Å²) in [5, 5.41) is 3.65. The molecule has 10 heteroatoms. The van der Waals surface area contributed by atoms with Gasteiger partial charge in [-0.1, -0.05) is 18.2 Å². The SMILES string of the molecule is [C-]#[N+]C1(C)CCN(C2COc3ccccc3C2Nc2ncnc3[nH]c(C(F)(F)F)cc23)C1. The Balaban J connectivity index is 1.54. The van der Waals surface area contributed by atoms with Crippen molar-refractivity contribution in [1.82, 2.24) is 19.9 Å². The molecular formula is C22H21F3N6O. The maximum Gasteiger partial charge on any atom is 0.431 e. The van der Waals surface area contributed by atoms with E-state index in [1.54, 1.807) is 0 Å². The van der Waals surface area contributed by atoms with Gasteiger partial charge in [0.15, 0.2) is 0 Å². The fraction of sp³-hybridized carbons (Fsp3) is 0.409. The van der Waals surface area contributed by atoms with E-state index in [9.17, 15) is 13.2 Å². The molecule has 3 atom stereocenters. The topological polar surface area (TPSA) is 70.4 Å². The van der Waals surface area contributed by atoms with Crippen molar-refractivity contribution in [1.29, 1.82) is 0 Å². The second-order valence-electron chi connectivity index (χ2n) is 8.53. The van der Waals surface area contributed by atoms with Crippen LogP contribution < -0.4 is 10.1 Å². The number of halogens is 3. The van der Waals surface area contributed by atoms with Crippen molar-refractivity contribution in [3.8, 4) is 5.75 Å². The van der Waals surface area contributed by atoms with Crippen LogP contribution in [0.1, 0.15) is 30.6 Å². The number of benzene rings is 1. The summed E-state index contributed by atoms with van der Waals surface area (Å²) in [6, 6.07) is 8.24. The van der Waals surface area contributed by atoms with Crippen LogP contribution in [0.5, 0.6) is 5.75 Å². The number of alkyl halides is 3. The van der Waals surface area contributed by atoms with Gasteiger partial charge >= 0.3 is 6.18 Å². The number of hydrogen-bond acceptors (Lipinski definition) is 5. The first-order chi connectivity index (χ1) is 15.3. The van der Waals surface area contributed by atoms with Crippen LogP contribution in [0, 0.1) is 6.57 Å². The predicted octanol–water partition coefficient (Wildman–Crippen LogP) is 4.27. The molecule has 166 valence electrons. The van der Waals surface area contributed by atoms with Gasteiger partial charge in [-0.15, -0.1) is 0 Å². The highest BCUT2D eigenvalue weighted by molar-refractivity contribution is 5.88. The standard InChI is InChI=1S/C22H21F3N6O/c1-21(26-2)7-8-31(11-21)15-10-32-16-6-4-3-5-13(16)18(15)30-20-14-9-17(22(23,24)25)29-19(14)27-12-28-20/h3-6,9,12,15,18H,7-8,10-11H2,1H3,(H2,27,28,29,30). The molecule has 3 unspecified atom stereocenters. The molecule has 0 saturated carbocycles. The van der Waals surface area contributed by atoms with Crippen LogP contribution >= 0.6 is 0 Å². The highest BCUT2D eigenvalue weighted by Crippen LogP contribution is 2.40. The summed E-state index contributed by atoms with van der Waals surface area (Å²) in [6.07, 6.45) is -2.51. The Morgan fingerprint density at radius 3 is 2.88 bits per heavy atom. The summed E-state index contributed by atoms with van der Waals surface area (Å²) in [4.78, 5) is 16.6. The van der Waals surface area contributed by atoms with E-state index in [2.05, 4.69) is 30.0 Å². The number of fused-ring (bicyclic) bond motifs is 2. The molecule has 1 aromatic carbocycles. The molecule has 0 aliphatic carbocycles. The summed E-state index contributed by atoms with van der Waals surface area (Å²) in [6.45, 7) is 11.2. The number of hydrogen-bond donors (Lipinski definition) is 2. The molecule has 2 aliphatic rings. The zero-order valence-electron chi connectivity index (χ0n) is 17.3. The van der Waals surface area contributed by atoms with Gasteiger partial charge in [-0.3, -0.25) is 4.90 Å². The van der Waals surface area contributed by atoms with Gasteiger partial charge in [0.25, 0.3) is 0 Å². The summed E-state index contributed by atoms with van der Waals surface area (Å²) < 4.78 is 45.7. The lowest BCUT2D eigenvalue weighted by atomic mass is 9.94. The van der Waals surface area contributed by atoms with Crippen LogP contribution in [0.4, 0.5) is 19.0 Å². The van der Waals surface area contributed by atoms with Crippen molar-refractivity contribution >= 4 is 16.9 Å². The number of nitrogens with one attached hydrogen (secondary N) is 2. The molecule has 3 aromatic rings. The normalized spacial score (nSPS) is 25.8. The maximum absolute atomic E-state index is 13.2. The van der Waals surface area contributed by atoms with Crippen LogP contribution in [-0.4, -0.2) is 51.1 Å². The number of ether oxygens (including phenoxy) is 1. The van der Waals surface area contributed by atoms with Crippen molar-refractivity contribution < 1.29 is 17.9 Å². The minimum Gasteiger partial charge on any atom is -0.491 e. The molecule has 4 heterocycles. The molecule has 1 fully saturated rings. The van der Waals surface area contributed by atoms with Crippen molar-refractivity contribution in [3.05, 3.63) is 59.3 Å². The molecule has 0 spiro atoms. The molecule has 2 N–H and O–H groups in total. The smallest absolute Gasteiger partial charge is 0.431 e. The number of para-hydroxylation sites is 1. The van der Waals surface area contributed by atoms with E-state index >= 15 is 0 Å². The second-order valence-corrected chi connectivity index (χ2v) is 8.53. The van der Waals surface area contributed by atoms with E-state index in [0.717, 1.165) is 30.3 Å². The van der Waals surface area contributed by atoms with Gasteiger partial charge in [0.05, 0.1) is 24.0 Å². The molecule has 2 aromatic heterocycles. The molecule has 0 bridgehead atoms. The van der Waals surface area contributed by atoms with Crippen LogP contribution in [0.25, 0.3) is 15.9 Å². The van der Waals surface area contributed by atoms with Crippen LogP contribution in [-0.2, 0) is 6.18 Å². The number of anilines is 1. The van der Waals surface area contributed by atoms with Crippen molar-refractivity contribution in [3.63, 3.8) is 0 Å². The fourth-order valence-corrected chi connectivity index (χ4v) is 4.55. The first-order valence-corrected chi connectivity index (χ1v) is 10.3. The Labute approximate surface area is 182 Å². The first kappa shape index (κ1) is 20.6. The van der Waals surface area contributed by atoms with E-state index in [4.69, 9.17) is 11.3 Å². The van der Waals surface area contributed by atoms with E-state index in [-0.39, 0.29) is 23.1 Å². The molecular weight excluding hydrogens is 421 g/mol. The molecule has 1 saturated heterocycles. The van der Waals surface area contributed by atoms with Crippen molar-refractivity contribution in [2.75, 3.05) is 25.0 Å². The van der Waals surface area contributed by atoms with Gasteiger partial charge in [-0.05, 0) is 12.1 Å². The third-order valence-corrected chi connectivity index (χ3v) is 6.29. The second kappa shape index (κ2) is 7.38. The zero-order chi connectivity index (χ0) is 22.5. The minimum atomic E-state index is -4.51. The zero-order valence-corrected chi connectivity index (χ0v) is 17.3. The molecule has 7 nitrogen and oxygen atoms in total. The van der Waals surface area contributed by atoms with E-state index in [0.29, 0.717) is 19.0 Å². The third kappa shape index (κ3) is 3.52. The molecule has 0 amide bonds. The monoisotopic (exact) mass is 442 g/mol. The number of aromatic amines is 1. The van der Waals surface area contributed by atoms with Gasteiger partial charge in [0, 0.05) is 25.5 Å². The van der Waals surface area contributed by atoms with Gasteiger partial charge in [-0.25, -0.2) is 16.5 Å². The van der Waals surface area contributed by atoms with Gasteiger partial charge in [0.1, 0.15) is 35.8 Å². The average molecular weight is 442 g/mol. The molecule has 2 aliphatic heterocycles. The molecule has 5 rings (SSSR count). The number of likely N-dealkylation sites (tertiary alicyclic amines) is 1. The Bertz CT molecular complexity index is 1200. The largest absolute Gasteiger partial charge is 0.491 e. The third-order valence-electron chi connectivity index (χ3n) is 6.29. The Morgan fingerprint density at radius 1 is 1.31 bits per heavy atom. The van der Waals surface area contributed by atoms with E-state index in [1.807, 2.05) is 31.2 Å². The highest BCUT2D eigenvalue weighted by Gasteiger charge is 2.46. The summed E-state index contributed by atoms with van der Waals surface area (Å²) in [7, 11) is 0. The highest BCUT2D eigenvalue weighted by atomic mass is 19.4. The number of rotatable bonds is 3. The Morgan fingerprint density at radius 2 is 2.12 bits per heavy atom. The van der Waals surface area contributed by atoms with Gasteiger partial charge in [-0.2, -0.15) is 13.2 Å². The lowest BCUT2D eigenvalue weighted by Crippen LogP contribution is -2.48. The van der Waals surface area contributed by atoms with Crippen LogP contribution in [0.15, 0.2) is 36.7 Å². The molecule has 32 heavy (non-hydrogen) atoms. The van der Waals surface area contributed by atoms with Gasteiger partial charge in [0.2, 0.25) is 5.54 Å². The quantitative estimate of drug-likeness (QED) is 0.593. The summed E-state index contributed by atoms with van der Waals surface area (Å²) >= 11 is 0. The number of H-pyrrole nitrogens is 1. The van der Waals surface area contributed by atoms with E-state index < -0.39 is 17.4 Å². The first-order valence-electron chi connectivity index (χ1n) is 10.3. The lowest BCUT2D eigenvalue weighted by molar-refractivity contribution is -0.140. The Kier molecular flexibility index (Phi) is 4.74. The number of aromatic nitrogens is 3. The lowest BCUT2D eigenvalue weighted by Gasteiger charge is -2.39. The maximum atomic E-state index is 13.2. The summed E-state index contributed by atoms with van der Waals surface area (Å²) in [5.74, 6) is 1.05. The average Bonchev–Trinajstić information content (AvgIpc) is 3.39. The fourth-order valence-electron chi connectivity index (χ4n) is 4.55. The predicted molar refractivity (Wildman–Crippen MR) is 112 cm³/mol. The Hall–Kier alpha value is -3.32. The van der Waals surface area contributed by atoms with Crippen molar-refractivity contribution in [2.24, 2.45) is 0 Å². The molecule has 0 radical (unpaired) electrons.